The van der Waals surface area contributed by atoms with Gasteiger partial charge in [0.25, 0.3) is 5.91 Å². The average Bonchev–Trinajstić information content (AvgIpc) is 3.00. The number of alkyl halides is 3. The Labute approximate surface area is 199 Å². The number of hydrogen-bond donors (Lipinski definition) is 2. The molecule has 12 heteroatoms. The Morgan fingerprint density at radius 1 is 1.29 bits per heavy atom. The molecule has 1 aliphatic rings. The maximum atomic E-state index is 12.8. The van der Waals surface area contributed by atoms with Gasteiger partial charge in [0.15, 0.2) is 0 Å². The SMILES string of the molecule is Cc1cc2c(cc1Cl)c(C(N)=O)c(-c1ccc(S(=O)(=O)N[C@@H](C)C(F)(F)F)cn1)n2C1CCC1. The van der Waals surface area contributed by atoms with E-state index in [2.05, 4.69) is 4.98 Å². The summed E-state index contributed by atoms with van der Waals surface area (Å²) in [6, 6.07) is 3.87. The Kier molecular flexibility index (Phi) is 6.16. The van der Waals surface area contributed by atoms with Crippen molar-refractivity contribution in [3.8, 4) is 11.4 Å². The lowest BCUT2D eigenvalue weighted by molar-refractivity contribution is -0.147. The number of primary amides is 1. The standard InChI is InChI=1S/C22H22ClF3N4O3S/c1-11-8-18-15(9-16(11)23)19(21(27)31)20(30(18)13-4-3-5-13)17-7-6-14(10-28-17)34(32,33)29-12(2)22(24,25)26/h6-10,12-13,29H,3-5H2,1-2H3,(H2,27,31)/t12-/m0/s1. The van der Waals surface area contributed by atoms with Crippen LogP contribution in [0.15, 0.2) is 35.4 Å². The number of sulfonamides is 1. The molecule has 1 aromatic carbocycles. The van der Waals surface area contributed by atoms with Crippen molar-refractivity contribution in [1.82, 2.24) is 14.3 Å². The number of aromatic nitrogens is 2. The van der Waals surface area contributed by atoms with Gasteiger partial charge in [-0.05, 0) is 62.9 Å². The molecule has 0 bridgehead atoms. The van der Waals surface area contributed by atoms with E-state index in [-0.39, 0.29) is 17.3 Å². The average molecular weight is 515 g/mol. The molecule has 1 atom stereocenters. The summed E-state index contributed by atoms with van der Waals surface area (Å²) >= 11 is 6.31. The Balaban J connectivity index is 1.86. The van der Waals surface area contributed by atoms with Gasteiger partial charge in [0.05, 0.1) is 17.0 Å². The van der Waals surface area contributed by atoms with E-state index in [1.807, 2.05) is 17.6 Å². The largest absolute Gasteiger partial charge is 0.404 e. The number of benzene rings is 1. The molecular weight excluding hydrogens is 493 g/mol. The van der Waals surface area contributed by atoms with Crippen LogP contribution in [0.5, 0.6) is 0 Å². The quantitative estimate of drug-likeness (QED) is 0.496. The van der Waals surface area contributed by atoms with Gasteiger partial charge < -0.3 is 10.3 Å². The zero-order valence-corrected chi connectivity index (χ0v) is 19.9. The van der Waals surface area contributed by atoms with E-state index in [9.17, 15) is 26.4 Å². The molecule has 2 heterocycles. The lowest BCUT2D eigenvalue weighted by atomic mass is 9.92. The second-order valence-electron chi connectivity index (χ2n) is 8.42. The molecule has 4 rings (SSSR count). The van der Waals surface area contributed by atoms with Gasteiger partial charge in [-0.15, -0.1) is 0 Å². The molecule has 182 valence electrons. The molecule has 1 fully saturated rings. The number of nitrogens with zero attached hydrogens (tertiary/aromatic N) is 2. The first-order valence-corrected chi connectivity index (χ1v) is 12.4. The minimum Gasteiger partial charge on any atom is -0.366 e. The highest BCUT2D eigenvalue weighted by Gasteiger charge is 2.39. The molecule has 0 aliphatic heterocycles. The fourth-order valence-electron chi connectivity index (χ4n) is 4.01. The van der Waals surface area contributed by atoms with Crippen LogP contribution < -0.4 is 10.5 Å². The van der Waals surface area contributed by atoms with Crippen LogP contribution in [-0.4, -0.2) is 36.1 Å². The zero-order chi connectivity index (χ0) is 25.0. The number of fused-ring (bicyclic) bond motifs is 1. The summed E-state index contributed by atoms with van der Waals surface area (Å²) in [5, 5.41) is 1.02. The molecule has 3 aromatic rings. The van der Waals surface area contributed by atoms with Gasteiger partial charge >= 0.3 is 6.18 Å². The van der Waals surface area contributed by atoms with E-state index in [1.54, 1.807) is 10.8 Å². The van der Waals surface area contributed by atoms with Crippen LogP contribution in [-0.2, 0) is 10.0 Å². The van der Waals surface area contributed by atoms with Gasteiger partial charge in [0, 0.05) is 28.2 Å². The number of hydrogen-bond acceptors (Lipinski definition) is 4. The monoisotopic (exact) mass is 514 g/mol. The van der Waals surface area contributed by atoms with Crippen molar-refractivity contribution < 1.29 is 26.4 Å². The molecule has 1 aliphatic carbocycles. The molecule has 7 nitrogen and oxygen atoms in total. The maximum absolute atomic E-state index is 12.8. The van der Waals surface area contributed by atoms with Crippen LogP contribution in [0.4, 0.5) is 13.2 Å². The van der Waals surface area contributed by atoms with Crippen LogP contribution in [0, 0.1) is 6.92 Å². The van der Waals surface area contributed by atoms with Gasteiger partial charge in [0.2, 0.25) is 10.0 Å². The van der Waals surface area contributed by atoms with Gasteiger partial charge in [-0.1, -0.05) is 11.6 Å². The van der Waals surface area contributed by atoms with Crippen molar-refractivity contribution in [2.24, 2.45) is 5.73 Å². The highest BCUT2D eigenvalue weighted by molar-refractivity contribution is 7.89. The number of nitrogens with two attached hydrogens (primary N) is 1. The number of halogens is 4. The minimum atomic E-state index is -4.74. The summed E-state index contributed by atoms with van der Waals surface area (Å²) in [5.41, 5.74) is 8.21. The summed E-state index contributed by atoms with van der Waals surface area (Å²) in [5.74, 6) is -0.697. The van der Waals surface area contributed by atoms with Crippen molar-refractivity contribution in [3.63, 3.8) is 0 Å². The molecule has 0 unspecified atom stereocenters. The van der Waals surface area contributed by atoms with E-state index >= 15 is 0 Å². The predicted octanol–water partition coefficient (Wildman–Crippen LogP) is 4.72. The summed E-state index contributed by atoms with van der Waals surface area (Å²) in [7, 11) is -4.47. The van der Waals surface area contributed by atoms with Gasteiger partial charge in [-0.3, -0.25) is 9.78 Å². The lowest BCUT2D eigenvalue weighted by Crippen LogP contribution is -2.42. The first-order valence-electron chi connectivity index (χ1n) is 10.5. The highest BCUT2D eigenvalue weighted by atomic mass is 35.5. The number of carbonyl (C=O) groups excluding carboxylic acids is 1. The van der Waals surface area contributed by atoms with Crippen molar-refractivity contribution >= 4 is 38.4 Å². The maximum Gasteiger partial charge on any atom is 0.404 e. The molecule has 3 N–H and O–H groups in total. The number of rotatable bonds is 6. The van der Waals surface area contributed by atoms with Crippen molar-refractivity contribution in [2.75, 3.05) is 0 Å². The molecule has 0 spiro atoms. The third-order valence-electron chi connectivity index (χ3n) is 6.08. The zero-order valence-electron chi connectivity index (χ0n) is 18.3. The first-order chi connectivity index (χ1) is 15.8. The van der Waals surface area contributed by atoms with Crippen molar-refractivity contribution in [2.45, 2.75) is 56.3 Å². The van der Waals surface area contributed by atoms with Gasteiger partial charge in [0.1, 0.15) is 10.9 Å². The highest BCUT2D eigenvalue weighted by Crippen LogP contribution is 2.43. The second kappa shape index (κ2) is 8.54. The molecule has 2 aromatic heterocycles. The number of pyridine rings is 1. The van der Waals surface area contributed by atoms with E-state index < -0.39 is 33.0 Å². The fourth-order valence-corrected chi connectivity index (χ4v) is 5.34. The smallest absolute Gasteiger partial charge is 0.366 e. The van der Waals surface area contributed by atoms with Crippen molar-refractivity contribution in [1.29, 1.82) is 0 Å². The number of amides is 1. The van der Waals surface area contributed by atoms with E-state index in [4.69, 9.17) is 17.3 Å². The third-order valence-corrected chi connectivity index (χ3v) is 8.02. The number of aryl methyl sites for hydroxylation is 1. The Morgan fingerprint density at radius 3 is 2.47 bits per heavy atom. The summed E-state index contributed by atoms with van der Waals surface area (Å²) < 4.78 is 66.9. The fraction of sp³-hybridized carbons (Fsp3) is 0.364. The lowest BCUT2D eigenvalue weighted by Gasteiger charge is -2.30. The third kappa shape index (κ3) is 4.27. The molecule has 0 radical (unpaired) electrons. The minimum absolute atomic E-state index is 0.0886. The number of nitrogens with one attached hydrogen (secondary N) is 1. The molecular formula is C22H22ClF3N4O3S. The molecule has 1 saturated carbocycles. The Hall–Kier alpha value is -2.63. The second-order valence-corrected chi connectivity index (χ2v) is 10.5. The summed E-state index contributed by atoms with van der Waals surface area (Å²) in [6.07, 6.45) is -1.01. The van der Waals surface area contributed by atoms with Crippen molar-refractivity contribution in [3.05, 3.63) is 46.6 Å². The topological polar surface area (TPSA) is 107 Å². The van der Waals surface area contributed by atoms with Crippen LogP contribution in [0.3, 0.4) is 0 Å². The molecule has 0 saturated heterocycles. The molecule has 34 heavy (non-hydrogen) atoms. The van der Waals surface area contributed by atoms with Crippen LogP contribution in [0.2, 0.25) is 5.02 Å². The van der Waals surface area contributed by atoms with Crippen LogP contribution >= 0.6 is 11.6 Å². The van der Waals surface area contributed by atoms with Crippen LogP contribution in [0.25, 0.3) is 22.3 Å². The van der Waals surface area contributed by atoms with Gasteiger partial charge in [-0.2, -0.15) is 17.9 Å². The first kappa shape index (κ1) is 24.5. The Morgan fingerprint density at radius 2 is 1.97 bits per heavy atom. The number of carbonyl (C=O) groups is 1. The predicted molar refractivity (Wildman–Crippen MR) is 122 cm³/mol. The summed E-state index contributed by atoms with van der Waals surface area (Å²) in [6.45, 7) is 2.55. The van der Waals surface area contributed by atoms with Gasteiger partial charge in [-0.25, -0.2) is 8.42 Å². The van der Waals surface area contributed by atoms with E-state index in [0.717, 1.165) is 42.6 Å². The summed E-state index contributed by atoms with van der Waals surface area (Å²) in [4.78, 5) is 16.3. The normalized spacial score (nSPS) is 15.9. The van der Waals surface area contributed by atoms with E-state index in [0.29, 0.717) is 23.0 Å². The molecule has 1 amide bonds. The Bertz CT molecular complexity index is 1380. The van der Waals surface area contributed by atoms with Crippen LogP contribution in [0.1, 0.15) is 48.1 Å². The van der Waals surface area contributed by atoms with E-state index in [1.165, 1.54) is 6.07 Å².